The molecule has 1 fully saturated rings. The number of carboxylic acid groups (broad SMARTS) is 1. The second kappa shape index (κ2) is 8.83. The van der Waals surface area contributed by atoms with Crippen LogP contribution < -0.4 is 0 Å². The predicted octanol–water partition coefficient (Wildman–Crippen LogP) is 4.81. The average molecular weight is 410 g/mol. The zero-order valence-corrected chi connectivity index (χ0v) is 18.0. The van der Waals surface area contributed by atoms with Gasteiger partial charge in [-0.2, -0.15) is 0 Å². The SMILES string of the molecule is CCC(CCC(C)(C)O)N1C(=O)C(C)(CC(=O)O)CC[C@H]1c1ccc(Cl)cc1. The van der Waals surface area contributed by atoms with Gasteiger partial charge in [-0.15, -0.1) is 0 Å². The molecule has 5 nitrogen and oxygen atoms in total. The summed E-state index contributed by atoms with van der Waals surface area (Å²) in [5, 5.41) is 20.1. The molecule has 1 saturated heterocycles. The monoisotopic (exact) mass is 409 g/mol. The molecule has 0 aromatic heterocycles. The number of nitrogens with zero attached hydrogens (tertiary/aromatic N) is 1. The van der Waals surface area contributed by atoms with Crippen molar-refractivity contribution >= 4 is 23.5 Å². The Labute approximate surface area is 172 Å². The summed E-state index contributed by atoms with van der Waals surface area (Å²) in [6.45, 7) is 7.33. The summed E-state index contributed by atoms with van der Waals surface area (Å²) in [6.07, 6.45) is 3.05. The molecule has 1 aliphatic heterocycles. The number of carboxylic acids is 1. The molecular weight excluding hydrogens is 378 g/mol. The number of piperidine rings is 1. The van der Waals surface area contributed by atoms with Crippen LogP contribution in [0.4, 0.5) is 0 Å². The summed E-state index contributed by atoms with van der Waals surface area (Å²) in [5.41, 5.74) is -0.708. The predicted molar refractivity (Wildman–Crippen MR) is 110 cm³/mol. The van der Waals surface area contributed by atoms with E-state index in [0.717, 1.165) is 12.0 Å². The number of aliphatic carboxylic acids is 1. The maximum absolute atomic E-state index is 13.5. The van der Waals surface area contributed by atoms with Crippen molar-refractivity contribution in [3.8, 4) is 0 Å². The minimum atomic E-state index is -0.953. The Morgan fingerprint density at radius 3 is 2.46 bits per heavy atom. The maximum Gasteiger partial charge on any atom is 0.304 e. The van der Waals surface area contributed by atoms with Crippen molar-refractivity contribution in [1.82, 2.24) is 4.90 Å². The van der Waals surface area contributed by atoms with E-state index < -0.39 is 17.0 Å². The van der Waals surface area contributed by atoms with Gasteiger partial charge in [0.25, 0.3) is 0 Å². The average Bonchev–Trinajstić information content (AvgIpc) is 2.58. The molecule has 28 heavy (non-hydrogen) atoms. The zero-order valence-electron chi connectivity index (χ0n) is 17.2. The molecule has 0 spiro atoms. The third kappa shape index (κ3) is 5.48. The highest BCUT2D eigenvalue weighted by Gasteiger charge is 2.47. The quantitative estimate of drug-likeness (QED) is 0.645. The molecule has 0 bridgehead atoms. The van der Waals surface area contributed by atoms with Crippen LogP contribution in [-0.2, 0) is 9.59 Å². The van der Waals surface area contributed by atoms with Gasteiger partial charge in [0.15, 0.2) is 0 Å². The Balaban J connectivity index is 2.39. The second-order valence-electron chi connectivity index (χ2n) is 8.86. The topological polar surface area (TPSA) is 77.8 Å². The molecule has 0 radical (unpaired) electrons. The van der Waals surface area contributed by atoms with Crippen molar-refractivity contribution in [2.75, 3.05) is 0 Å². The van der Waals surface area contributed by atoms with E-state index in [1.807, 2.05) is 36.1 Å². The Morgan fingerprint density at radius 2 is 1.96 bits per heavy atom. The molecule has 1 aromatic rings. The van der Waals surface area contributed by atoms with E-state index in [-0.39, 0.29) is 24.4 Å². The van der Waals surface area contributed by atoms with E-state index in [4.69, 9.17) is 11.6 Å². The second-order valence-corrected chi connectivity index (χ2v) is 9.30. The Morgan fingerprint density at radius 1 is 1.36 bits per heavy atom. The number of amides is 1. The number of carbonyl (C=O) groups is 2. The van der Waals surface area contributed by atoms with Gasteiger partial charge in [0.2, 0.25) is 5.91 Å². The van der Waals surface area contributed by atoms with Crippen LogP contribution in [0.25, 0.3) is 0 Å². The van der Waals surface area contributed by atoms with Gasteiger partial charge in [-0.25, -0.2) is 0 Å². The summed E-state index contributed by atoms with van der Waals surface area (Å²) in [6, 6.07) is 7.35. The first-order valence-electron chi connectivity index (χ1n) is 9.99. The van der Waals surface area contributed by atoms with Crippen molar-refractivity contribution in [3.05, 3.63) is 34.9 Å². The molecule has 2 rings (SSSR count). The molecule has 2 unspecified atom stereocenters. The number of likely N-dealkylation sites (tertiary alicyclic amines) is 1. The van der Waals surface area contributed by atoms with Crippen LogP contribution in [0.5, 0.6) is 0 Å². The first kappa shape index (κ1) is 22.7. The van der Waals surface area contributed by atoms with E-state index >= 15 is 0 Å². The molecular formula is C22H32ClNO4. The standard InChI is InChI=1S/C22H32ClNO4/c1-5-17(10-12-21(2,3)28)24-18(15-6-8-16(23)9-7-15)11-13-22(4,20(24)27)14-19(25)26/h6-9,17-18,28H,5,10-14H2,1-4H3,(H,25,26)/t17?,18-,22?/m0/s1. The number of benzene rings is 1. The molecule has 0 aliphatic carbocycles. The summed E-state index contributed by atoms with van der Waals surface area (Å²) < 4.78 is 0. The molecule has 0 saturated carbocycles. The molecule has 2 N–H and O–H groups in total. The number of hydrogen-bond donors (Lipinski definition) is 2. The highest BCUT2D eigenvalue weighted by atomic mass is 35.5. The van der Waals surface area contributed by atoms with Gasteiger partial charge in [-0.1, -0.05) is 37.6 Å². The lowest BCUT2D eigenvalue weighted by Crippen LogP contribution is -2.53. The lowest BCUT2D eigenvalue weighted by Gasteiger charge is -2.48. The largest absolute Gasteiger partial charge is 0.481 e. The molecule has 156 valence electrons. The number of hydrogen-bond acceptors (Lipinski definition) is 3. The molecule has 1 amide bonds. The van der Waals surface area contributed by atoms with Gasteiger partial charge in [-0.3, -0.25) is 9.59 Å². The van der Waals surface area contributed by atoms with Gasteiger partial charge in [0.1, 0.15) is 0 Å². The van der Waals surface area contributed by atoms with Gasteiger partial charge in [0.05, 0.1) is 23.5 Å². The normalized spacial score (nSPS) is 24.3. The van der Waals surface area contributed by atoms with Crippen LogP contribution in [0, 0.1) is 5.41 Å². The molecule has 1 heterocycles. The minimum absolute atomic E-state index is 0.0620. The highest BCUT2D eigenvalue weighted by Crippen LogP contribution is 2.45. The van der Waals surface area contributed by atoms with Crippen molar-refractivity contribution in [1.29, 1.82) is 0 Å². The third-order valence-electron chi connectivity index (χ3n) is 5.81. The van der Waals surface area contributed by atoms with Crippen LogP contribution in [0.1, 0.15) is 77.8 Å². The number of rotatable bonds is 8. The van der Waals surface area contributed by atoms with Crippen molar-refractivity contribution < 1.29 is 19.8 Å². The number of aliphatic hydroxyl groups is 1. The molecule has 1 aliphatic rings. The number of carbonyl (C=O) groups excluding carboxylic acids is 1. The van der Waals surface area contributed by atoms with E-state index in [1.54, 1.807) is 20.8 Å². The van der Waals surface area contributed by atoms with Crippen molar-refractivity contribution in [3.63, 3.8) is 0 Å². The van der Waals surface area contributed by atoms with Crippen LogP contribution >= 0.6 is 11.6 Å². The third-order valence-corrected chi connectivity index (χ3v) is 6.06. The lowest BCUT2D eigenvalue weighted by molar-refractivity contribution is -0.159. The van der Waals surface area contributed by atoms with E-state index in [1.165, 1.54) is 0 Å². The Hall–Kier alpha value is -1.59. The van der Waals surface area contributed by atoms with Crippen LogP contribution in [0.15, 0.2) is 24.3 Å². The van der Waals surface area contributed by atoms with Crippen LogP contribution in [0.3, 0.4) is 0 Å². The molecule has 1 aromatic carbocycles. The van der Waals surface area contributed by atoms with E-state index in [9.17, 15) is 19.8 Å². The van der Waals surface area contributed by atoms with E-state index in [0.29, 0.717) is 30.7 Å². The van der Waals surface area contributed by atoms with Gasteiger partial charge >= 0.3 is 5.97 Å². The minimum Gasteiger partial charge on any atom is -0.481 e. The Bertz CT molecular complexity index is 697. The first-order chi connectivity index (χ1) is 13.0. The summed E-state index contributed by atoms with van der Waals surface area (Å²) in [5.74, 6) is -1.06. The smallest absolute Gasteiger partial charge is 0.304 e. The van der Waals surface area contributed by atoms with Crippen molar-refractivity contribution in [2.24, 2.45) is 5.41 Å². The summed E-state index contributed by atoms with van der Waals surface area (Å²) in [4.78, 5) is 26.8. The fraction of sp³-hybridized carbons (Fsp3) is 0.636. The van der Waals surface area contributed by atoms with Crippen LogP contribution in [-0.4, -0.2) is 38.6 Å². The Kier molecular flexibility index (Phi) is 7.16. The summed E-state index contributed by atoms with van der Waals surface area (Å²) >= 11 is 6.03. The number of halogens is 1. The van der Waals surface area contributed by atoms with Gasteiger partial charge in [-0.05, 0) is 63.6 Å². The van der Waals surface area contributed by atoms with E-state index in [2.05, 4.69) is 0 Å². The zero-order chi connectivity index (χ0) is 21.1. The lowest BCUT2D eigenvalue weighted by atomic mass is 9.74. The first-order valence-corrected chi connectivity index (χ1v) is 10.4. The molecule has 6 heteroatoms. The van der Waals surface area contributed by atoms with Gasteiger partial charge in [0, 0.05) is 11.1 Å². The van der Waals surface area contributed by atoms with Gasteiger partial charge < -0.3 is 15.1 Å². The fourth-order valence-electron chi connectivity index (χ4n) is 4.14. The van der Waals surface area contributed by atoms with Crippen molar-refractivity contribution in [2.45, 2.75) is 83.9 Å². The highest BCUT2D eigenvalue weighted by molar-refractivity contribution is 6.30. The van der Waals surface area contributed by atoms with Crippen LogP contribution in [0.2, 0.25) is 5.02 Å². The molecule has 3 atom stereocenters. The fourth-order valence-corrected chi connectivity index (χ4v) is 4.27. The maximum atomic E-state index is 13.5. The summed E-state index contributed by atoms with van der Waals surface area (Å²) in [7, 11) is 0.